The largest absolute Gasteiger partial charge is 0.456 e. The van der Waals surface area contributed by atoms with Crippen LogP contribution in [0.3, 0.4) is 0 Å². The lowest BCUT2D eigenvalue weighted by molar-refractivity contribution is 0.669. The van der Waals surface area contributed by atoms with E-state index in [0.717, 1.165) is 0 Å². The van der Waals surface area contributed by atoms with Crippen LogP contribution < -0.4 is 0 Å². The van der Waals surface area contributed by atoms with Gasteiger partial charge in [0.25, 0.3) is 0 Å². The Labute approximate surface area is 283 Å². The van der Waals surface area contributed by atoms with E-state index in [0.29, 0.717) is 32.7 Å². The van der Waals surface area contributed by atoms with Crippen LogP contribution in [0, 0.1) is 0 Å². The molecule has 0 N–H and O–H groups in total. The number of hydrogen-bond donors (Lipinski definition) is 0. The standard InChI is InChI=1S/C41H25N3O/c1-3-13-27(14-4-1)39-42-40(28-15-5-2-6-16-28)44-41(43-39)29-22-23-36-35(24-29)38-33-20-10-9-19-32(33)34(25-37(38)45-36)31-21-11-17-26-12-7-8-18-30(26)31/h1-25H/i1D,2D,3D,4D,5D,6D,7D,8D,11D,12D,13D,14D,15D,16D,17D,18D,21D. The molecule has 0 bridgehead atoms. The number of hydrogen-bond acceptors (Lipinski definition) is 4. The fourth-order valence-electron chi connectivity index (χ4n) is 5.45. The SMILES string of the molecule is [2H]c1c([2H])c([2H])c(-c2nc(-c3ccc4oc5cc(-c6c([2H])c([2H])c([2H])c7c([2H])c([2H])c([2H])c([2H])c67)c6ccccc6c5c4c3)nc(-c3c([2H])c([2H])c([2H])c([2H])c3[2H])n2)c([2H])c1[2H]. The molecule has 0 aliphatic rings. The first-order valence-corrected chi connectivity index (χ1v) is 13.6. The van der Waals surface area contributed by atoms with E-state index in [1.54, 1.807) is 48.5 Å². The Kier molecular flexibility index (Phi) is 3.11. The highest BCUT2D eigenvalue weighted by Crippen LogP contribution is 2.42. The van der Waals surface area contributed by atoms with E-state index in [2.05, 4.69) is 15.0 Å². The summed E-state index contributed by atoms with van der Waals surface area (Å²) < 4.78 is 151. The monoisotopic (exact) mass is 592 g/mol. The van der Waals surface area contributed by atoms with Crippen molar-refractivity contribution < 1.29 is 27.7 Å². The Morgan fingerprint density at radius 1 is 0.444 bits per heavy atom. The van der Waals surface area contributed by atoms with E-state index >= 15 is 0 Å². The Balaban J connectivity index is 1.34. The zero-order valence-electron chi connectivity index (χ0n) is 39.9. The van der Waals surface area contributed by atoms with Crippen molar-refractivity contribution in [2.24, 2.45) is 0 Å². The van der Waals surface area contributed by atoms with Gasteiger partial charge >= 0.3 is 0 Å². The van der Waals surface area contributed by atoms with Gasteiger partial charge in [-0.05, 0) is 56.9 Å². The van der Waals surface area contributed by atoms with Crippen molar-refractivity contribution in [2.45, 2.75) is 0 Å². The Bertz CT molecular complexity index is 3360. The Morgan fingerprint density at radius 2 is 1.07 bits per heavy atom. The summed E-state index contributed by atoms with van der Waals surface area (Å²) in [7, 11) is 0. The van der Waals surface area contributed by atoms with E-state index in [1.165, 1.54) is 0 Å². The average molecular weight is 593 g/mol. The second-order valence-corrected chi connectivity index (χ2v) is 9.96. The highest BCUT2D eigenvalue weighted by Gasteiger charge is 2.18. The van der Waals surface area contributed by atoms with E-state index in [4.69, 9.17) is 27.7 Å². The van der Waals surface area contributed by atoms with Gasteiger partial charge in [0.2, 0.25) is 0 Å². The number of benzene rings is 7. The van der Waals surface area contributed by atoms with Crippen molar-refractivity contribution in [3.63, 3.8) is 0 Å². The van der Waals surface area contributed by atoms with Gasteiger partial charge in [-0.3, -0.25) is 0 Å². The molecule has 0 aliphatic carbocycles. The quantitative estimate of drug-likeness (QED) is 0.204. The van der Waals surface area contributed by atoms with Crippen molar-refractivity contribution in [1.82, 2.24) is 15.0 Å². The summed E-state index contributed by atoms with van der Waals surface area (Å²) in [5.74, 6) is -1.01. The van der Waals surface area contributed by atoms with E-state index < -0.39 is 125 Å². The zero-order valence-corrected chi connectivity index (χ0v) is 22.9. The summed E-state index contributed by atoms with van der Waals surface area (Å²) in [4.78, 5) is 13.4. The number of fused-ring (bicyclic) bond motifs is 6. The first-order chi connectivity index (χ1) is 29.3. The molecule has 0 unspecified atom stereocenters. The fourth-order valence-corrected chi connectivity index (χ4v) is 5.45. The molecule has 0 saturated carbocycles. The zero-order chi connectivity index (χ0) is 44.5. The molecule has 2 aromatic heterocycles. The molecular weight excluding hydrogens is 550 g/mol. The minimum atomic E-state index is -0.676. The average Bonchev–Trinajstić information content (AvgIpc) is 3.64. The number of aromatic nitrogens is 3. The molecule has 210 valence electrons. The third kappa shape index (κ3) is 4.27. The van der Waals surface area contributed by atoms with Crippen LogP contribution in [0.4, 0.5) is 0 Å². The summed E-state index contributed by atoms with van der Waals surface area (Å²) in [6.45, 7) is 0. The maximum Gasteiger partial charge on any atom is 0.164 e. The molecule has 4 nitrogen and oxygen atoms in total. The van der Waals surface area contributed by atoms with Gasteiger partial charge in [0.1, 0.15) is 11.2 Å². The molecule has 2 heterocycles. The number of furan rings is 1. The molecule has 0 atom stereocenters. The molecule has 9 rings (SSSR count). The predicted octanol–water partition coefficient (Wildman–Crippen LogP) is 10.7. The molecule has 0 saturated heterocycles. The Hall–Kier alpha value is -6.13. The molecule has 0 amide bonds. The first kappa shape index (κ1) is 13.7. The highest BCUT2D eigenvalue weighted by molar-refractivity contribution is 6.23. The minimum absolute atomic E-state index is 0.0118. The maximum absolute atomic E-state index is 9.02. The molecular formula is C41H25N3O. The van der Waals surface area contributed by atoms with Gasteiger partial charge in [0.15, 0.2) is 17.5 Å². The topological polar surface area (TPSA) is 51.8 Å². The van der Waals surface area contributed by atoms with Crippen molar-refractivity contribution >= 4 is 43.5 Å². The van der Waals surface area contributed by atoms with Gasteiger partial charge in [-0.25, -0.2) is 15.0 Å². The molecule has 4 heteroatoms. The van der Waals surface area contributed by atoms with E-state index in [-0.39, 0.29) is 33.3 Å². The van der Waals surface area contributed by atoms with Crippen LogP contribution in [-0.2, 0) is 0 Å². The summed E-state index contributed by atoms with van der Waals surface area (Å²) in [6, 6.07) is 3.22. The summed E-state index contributed by atoms with van der Waals surface area (Å²) in [5, 5.41) is 1.83. The van der Waals surface area contributed by atoms with Gasteiger partial charge in [0.05, 0.1) is 23.3 Å². The van der Waals surface area contributed by atoms with Crippen LogP contribution in [-0.4, -0.2) is 15.0 Å². The first-order valence-electron chi connectivity index (χ1n) is 22.1. The van der Waals surface area contributed by atoms with Crippen LogP contribution in [0.25, 0.3) is 88.8 Å². The second kappa shape index (κ2) is 10.2. The molecule has 45 heavy (non-hydrogen) atoms. The summed E-state index contributed by atoms with van der Waals surface area (Å²) in [5.41, 5.74) is 0.374. The normalized spacial score (nSPS) is 16.8. The van der Waals surface area contributed by atoms with Crippen LogP contribution >= 0.6 is 0 Å². The highest BCUT2D eigenvalue weighted by atomic mass is 16.3. The van der Waals surface area contributed by atoms with Crippen LogP contribution in [0.5, 0.6) is 0 Å². The van der Waals surface area contributed by atoms with Gasteiger partial charge in [0, 0.05) is 27.5 Å². The van der Waals surface area contributed by atoms with Crippen LogP contribution in [0.2, 0.25) is 0 Å². The van der Waals surface area contributed by atoms with Gasteiger partial charge in [-0.2, -0.15) is 0 Å². The molecule has 0 fully saturated rings. The number of rotatable bonds is 4. The van der Waals surface area contributed by atoms with Crippen molar-refractivity contribution in [3.05, 3.63) is 151 Å². The summed E-state index contributed by atoms with van der Waals surface area (Å²) in [6.07, 6.45) is 0. The summed E-state index contributed by atoms with van der Waals surface area (Å²) >= 11 is 0. The third-order valence-electron chi connectivity index (χ3n) is 7.40. The lowest BCUT2D eigenvalue weighted by atomic mass is 9.92. The van der Waals surface area contributed by atoms with Crippen molar-refractivity contribution in [1.29, 1.82) is 0 Å². The smallest absolute Gasteiger partial charge is 0.164 e. The lowest BCUT2D eigenvalue weighted by Gasteiger charge is -2.11. The van der Waals surface area contributed by atoms with Gasteiger partial charge in [-0.15, -0.1) is 0 Å². The van der Waals surface area contributed by atoms with E-state index in [1.807, 2.05) is 0 Å². The molecule has 0 spiro atoms. The van der Waals surface area contributed by atoms with Gasteiger partial charge in [-0.1, -0.05) is 127 Å². The van der Waals surface area contributed by atoms with Gasteiger partial charge < -0.3 is 4.42 Å². The van der Waals surface area contributed by atoms with Crippen LogP contribution in [0.1, 0.15) is 23.3 Å². The third-order valence-corrected chi connectivity index (χ3v) is 7.40. The molecule has 0 aliphatic heterocycles. The lowest BCUT2D eigenvalue weighted by Crippen LogP contribution is -2.00. The maximum atomic E-state index is 9.02. The van der Waals surface area contributed by atoms with Crippen molar-refractivity contribution in [2.75, 3.05) is 0 Å². The number of nitrogens with zero attached hydrogens (tertiary/aromatic N) is 3. The van der Waals surface area contributed by atoms with E-state index in [9.17, 15) is 0 Å². The van der Waals surface area contributed by atoms with Crippen molar-refractivity contribution in [3.8, 4) is 45.3 Å². The second-order valence-electron chi connectivity index (χ2n) is 9.96. The molecule has 0 radical (unpaired) electrons. The minimum Gasteiger partial charge on any atom is -0.456 e. The van der Waals surface area contributed by atoms with Crippen LogP contribution in [0.15, 0.2) is 156 Å². The fraction of sp³-hybridized carbons (Fsp3) is 0. The predicted molar refractivity (Wildman–Crippen MR) is 184 cm³/mol. The molecule has 7 aromatic carbocycles. The molecule has 9 aromatic rings. The Morgan fingerprint density at radius 3 is 1.80 bits per heavy atom.